The van der Waals surface area contributed by atoms with Gasteiger partial charge in [-0.3, -0.25) is 14.4 Å². The van der Waals surface area contributed by atoms with Crippen LogP contribution in [0.25, 0.3) is 5.57 Å². The smallest absolute Gasteiger partial charge is 0.460 e. The second kappa shape index (κ2) is 34.6. The van der Waals surface area contributed by atoms with E-state index in [1.807, 2.05) is 79.4 Å². The van der Waals surface area contributed by atoms with Crippen LogP contribution in [0.5, 0.6) is 17.5 Å². The van der Waals surface area contributed by atoms with Crippen LogP contribution < -0.4 is 29.3 Å². The van der Waals surface area contributed by atoms with Crippen LogP contribution in [0.15, 0.2) is 146 Å². The number of carbonyl (C=O) groups excluding carboxylic acids is 3. The Hall–Kier alpha value is -10.9. The van der Waals surface area contributed by atoms with Crippen molar-refractivity contribution in [3.8, 4) is 23.6 Å². The van der Waals surface area contributed by atoms with Gasteiger partial charge in [0, 0.05) is 77.3 Å². The third-order valence-electron chi connectivity index (χ3n) is 17.7. The van der Waals surface area contributed by atoms with Gasteiger partial charge in [-0.1, -0.05) is 84.9 Å². The quantitative estimate of drug-likeness (QED) is 0.0621. The molecule has 2 aliphatic heterocycles. The molecular weight excluding hydrogens is 1340 g/mol. The minimum absolute atomic E-state index is 0.00253. The zero-order chi connectivity index (χ0) is 73.2. The second-order valence-corrected chi connectivity index (χ2v) is 25.5. The van der Waals surface area contributed by atoms with Crippen molar-refractivity contribution in [1.29, 1.82) is 5.26 Å². The number of carbonyl (C=O) groups is 3. The molecule has 5 heterocycles. The third kappa shape index (κ3) is 22.5. The Kier molecular flexibility index (Phi) is 25.1. The average molecular weight is 1410 g/mol. The van der Waals surface area contributed by atoms with Gasteiger partial charge in [-0.05, 0) is 188 Å². The maximum Gasteiger partial charge on any atom is 0.573 e. The number of nitrogens with zero attached hydrogens (tertiary/aromatic N) is 12. The van der Waals surface area contributed by atoms with Gasteiger partial charge in [0.05, 0.1) is 11.6 Å². The molecule has 19 nitrogen and oxygen atoms in total. The lowest BCUT2D eigenvalue weighted by atomic mass is 9.93. The molecule has 3 aromatic heterocycles. The SMILES string of the molecule is CC(=O)Cc1cc(Cc2ncnc(N3CC=C(c4ccc(C#N)cc4)CC3)n2)ccc1F.CC(=O)Cc1cccc(Cc2ncnc(N3CCc4cc(OC(F)(F)F)ccc4C3)n2)c1C.CC(=O)Cc1cccc(Cc2ncnc(OC3CCC(NCc4ccc(OC(F)(F)F)cc4)CC3)n2)c1C. The fraction of sp³-hybridized carbons (Fsp3) is 0.338. The van der Waals surface area contributed by atoms with Gasteiger partial charge >= 0.3 is 18.7 Å². The number of hydrogen-bond acceptors (Lipinski definition) is 19. The first-order chi connectivity index (χ1) is 49.3. The van der Waals surface area contributed by atoms with Gasteiger partial charge in [0.15, 0.2) is 0 Å². The molecule has 103 heavy (non-hydrogen) atoms. The standard InChI is InChI=1S/C28H31F3N4O3.C25H22FN5O.C24H23F3N4O2/c1-18(36)14-21-4-3-5-22(19(21)2)15-26-33-17-34-27(35-26)37-24-12-8-23(9-13-24)32-16-20-6-10-25(11-7-20)38-28(29,30)31;1-17(32)12-22-13-19(4-7-23(22)26)14-24-28-16-29-25(30-24)31-10-8-21(9-11-31)20-5-2-18(15-27)3-6-20;1-15(32)10-17-4-3-5-18(16(17)2)12-22-28-14-29-23(30-22)31-9-8-19-11-21(33-24(25,26)27)7-6-20(19)13-31/h3-7,10-11,17,23-24,32H,8-9,12-16H2,1-2H3;2-8,13,16H,9-12,14H2,1H3;3-7,11,14H,8-10,12-13H2,1-2H3. The first-order valence-electron chi connectivity index (χ1n) is 33.6. The largest absolute Gasteiger partial charge is 0.573 e. The lowest BCUT2D eigenvalue weighted by molar-refractivity contribution is -0.275. The Balaban J connectivity index is 0.000000167. The summed E-state index contributed by atoms with van der Waals surface area (Å²) in [5.41, 5.74) is 13.1. The Bertz CT molecular complexity index is 4530. The number of Topliss-reactive ketones (excluding diaryl/α,β-unsaturated/α-hetero) is 3. The van der Waals surface area contributed by atoms with E-state index in [0.29, 0.717) is 117 Å². The first kappa shape index (κ1) is 74.7. The zero-order valence-electron chi connectivity index (χ0n) is 57.5. The van der Waals surface area contributed by atoms with Crippen molar-refractivity contribution in [2.75, 3.05) is 29.4 Å². The van der Waals surface area contributed by atoms with E-state index < -0.39 is 12.7 Å². The first-order valence-corrected chi connectivity index (χ1v) is 33.6. The van der Waals surface area contributed by atoms with E-state index >= 15 is 0 Å². The topological polar surface area (TPSA) is 237 Å². The van der Waals surface area contributed by atoms with Crippen molar-refractivity contribution < 1.29 is 59.3 Å². The Morgan fingerprint density at radius 3 is 1.68 bits per heavy atom. The molecule has 1 fully saturated rings. The van der Waals surface area contributed by atoms with Crippen LogP contribution in [-0.2, 0) is 72.4 Å². The molecule has 1 N–H and O–H groups in total. The Morgan fingerprint density at radius 1 is 0.563 bits per heavy atom. The van der Waals surface area contributed by atoms with E-state index in [2.05, 4.69) is 76.7 Å². The zero-order valence-corrected chi connectivity index (χ0v) is 57.5. The van der Waals surface area contributed by atoms with Crippen LogP contribution >= 0.6 is 0 Å². The number of anilines is 2. The molecule has 26 heteroatoms. The van der Waals surface area contributed by atoms with Crippen molar-refractivity contribution >= 4 is 34.8 Å². The number of hydrogen-bond donors (Lipinski definition) is 1. The highest BCUT2D eigenvalue weighted by Crippen LogP contribution is 2.32. The molecule has 6 aromatic carbocycles. The molecule has 0 bridgehead atoms. The maximum absolute atomic E-state index is 13.9. The third-order valence-corrected chi connectivity index (χ3v) is 17.7. The van der Waals surface area contributed by atoms with Crippen LogP contribution in [0.3, 0.4) is 0 Å². The molecule has 12 rings (SSSR count). The second-order valence-electron chi connectivity index (χ2n) is 25.5. The number of aromatic nitrogens is 9. The Morgan fingerprint density at radius 2 is 1.10 bits per heavy atom. The van der Waals surface area contributed by atoms with E-state index in [1.54, 1.807) is 44.2 Å². The fourth-order valence-electron chi connectivity index (χ4n) is 12.4. The van der Waals surface area contributed by atoms with Crippen molar-refractivity contribution in [3.63, 3.8) is 0 Å². The molecule has 534 valence electrons. The predicted molar refractivity (Wildman–Crippen MR) is 370 cm³/mol. The number of nitriles is 1. The summed E-state index contributed by atoms with van der Waals surface area (Å²) in [6.45, 7) is 11.7. The fourth-order valence-corrected chi connectivity index (χ4v) is 12.4. The van der Waals surface area contributed by atoms with Gasteiger partial charge in [-0.2, -0.15) is 25.2 Å². The monoisotopic (exact) mass is 1410 g/mol. The molecule has 0 amide bonds. The van der Waals surface area contributed by atoms with Gasteiger partial charge in [0.1, 0.15) is 77.2 Å². The predicted octanol–water partition coefficient (Wildman–Crippen LogP) is 13.5. The molecule has 1 saturated carbocycles. The van der Waals surface area contributed by atoms with E-state index in [0.717, 1.165) is 99.8 Å². The number of benzene rings is 6. The summed E-state index contributed by atoms with van der Waals surface area (Å²) in [5.74, 6) is 2.30. The summed E-state index contributed by atoms with van der Waals surface area (Å²) in [6.07, 6.45) is 4.41. The van der Waals surface area contributed by atoms with Crippen LogP contribution in [0.4, 0.5) is 42.6 Å². The molecule has 1 aliphatic carbocycles. The Labute approximate surface area is 591 Å². The lowest BCUT2D eigenvalue weighted by Crippen LogP contribution is -2.36. The number of alkyl halides is 6. The van der Waals surface area contributed by atoms with Gasteiger partial charge in [0.25, 0.3) is 0 Å². The van der Waals surface area contributed by atoms with Crippen LogP contribution in [0.2, 0.25) is 0 Å². The summed E-state index contributed by atoms with van der Waals surface area (Å²) in [5, 5.41) is 12.4. The van der Waals surface area contributed by atoms with Gasteiger partial charge < -0.3 is 29.3 Å². The van der Waals surface area contributed by atoms with E-state index in [9.17, 15) is 45.1 Å². The summed E-state index contributed by atoms with van der Waals surface area (Å²) < 4.78 is 102. The molecule has 0 atom stereocenters. The highest BCUT2D eigenvalue weighted by Gasteiger charge is 2.33. The van der Waals surface area contributed by atoms with Gasteiger partial charge in [0.2, 0.25) is 11.9 Å². The van der Waals surface area contributed by atoms with Gasteiger partial charge in [-0.15, -0.1) is 26.3 Å². The normalized spacial score (nSPS) is 15.0. The number of fused-ring (bicyclic) bond motifs is 1. The van der Waals surface area contributed by atoms with Crippen LogP contribution in [-0.4, -0.2) is 107 Å². The highest BCUT2D eigenvalue weighted by atomic mass is 19.4. The number of ketones is 3. The molecule has 0 saturated heterocycles. The molecule has 9 aromatic rings. The highest BCUT2D eigenvalue weighted by molar-refractivity contribution is 5.79. The molecule has 3 aliphatic rings. The summed E-state index contributed by atoms with van der Waals surface area (Å²) in [4.78, 5) is 78.0. The van der Waals surface area contributed by atoms with Gasteiger partial charge in [-0.25, -0.2) is 29.3 Å². The lowest BCUT2D eigenvalue weighted by Gasteiger charge is -2.29. The summed E-state index contributed by atoms with van der Waals surface area (Å²) >= 11 is 0. The van der Waals surface area contributed by atoms with E-state index in [4.69, 9.17) is 10.00 Å². The molecular formula is C77H76F7N13O6. The minimum atomic E-state index is -4.71. The van der Waals surface area contributed by atoms with Crippen molar-refractivity contribution in [2.45, 2.75) is 150 Å². The van der Waals surface area contributed by atoms with Crippen molar-refractivity contribution in [1.82, 2.24) is 50.2 Å². The van der Waals surface area contributed by atoms with Crippen LogP contribution in [0, 0.1) is 31.0 Å². The minimum Gasteiger partial charge on any atom is -0.460 e. The maximum atomic E-state index is 13.9. The number of rotatable bonds is 22. The number of halogens is 7. The van der Waals surface area contributed by atoms with Crippen molar-refractivity contribution in [2.24, 2.45) is 0 Å². The van der Waals surface area contributed by atoms with Crippen LogP contribution in [0.1, 0.15) is 143 Å². The molecule has 0 spiro atoms. The summed E-state index contributed by atoms with van der Waals surface area (Å²) in [6, 6.07) is 37.3. The molecule has 0 unspecified atom stereocenters. The molecule has 0 radical (unpaired) electrons. The number of nitrogens with one attached hydrogen (secondary N) is 1. The van der Waals surface area contributed by atoms with Crippen molar-refractivity contribution in [3.05, 3.63) is 242 Å². The summed E-state index contributed by atoms with van der Waals surface area (Å²) in [7, 11) is 0. The van der Waals surface area contributed by atoms with E-state index in [1.165, 1.54) is 61.8 Å². The number of ether oxygens (including phenoxy) is 3. The average Bonchev–Trinajstić information content (AvgIpc) is 0.862. The van der Waals surface area contributed by atoms with E-state index in [-0.39, 0.29) is 47.2 Å².